The van der Waals surface area contributed by atoms with Crippen LogP contribution in [0.1, 0.15) is 11.1 Å². The Morgan fingerprint density at radius 1 is 1.12 bits per heavy atom. The van der Waals surface area contributed by atoms with Gasteiger partial charge in [0.15, 0.2) is 0 Å². The van der Waals surface area contributed by atoms with Gasteiger partial charge in [0, 0.05) is 18.0 Å². The van der Waals surface area contributed by atoms with Gasteiger partial charge in [-0.1, -0.05) is 6.07 Å². The van der Waals surface area contributed by atoms with E-state index in [0.29, 0.717) is 0 Å². The fraction of sp³-hybridized carbons (Fsp3) is 0.214. The predicted molar refractivity (Wildman–Crippen MR) is 68.1 cm³/mol. The van der Waals surface area contributed by atoms with Gasteiger partial charge in [0.1, 0.15) is 5.75 Å². The molecule has 0 saturated carbocycles. The summed E-state index contributed by atoms with van der Waals surface area (Å²) in [5.74, 6) is 0.828. The van der Waals surface area contributed by atoms with E-state index in [1.807, 2.05) is 44.3 Å². The molecule has 3 heteroatoms. The highest BCUT2D eigenvalue weighted by atomic mass is 16.5. The molecule has 0 atom stereocenters. The number of hydrogen-bond acceptors (Lipinski definition) is 2. The van der Waals surface area contributed by atoms with Crippen LogP contribution in [0.15, 0.2) is 41.3 Å². The first kappa shape index (κ1) is 11.5. The molecule has 0 unspecified atom stereocenters. The lowest BCUT2D eigenvalue weighted by Gasteiger charge is -2.10. The summed E-state index contributed by atoms with van der Waals surface area (Å²) in [5.41, 5.74) is 2.90. The van der Waals surface area contributed by atoms with Crippen LogP contribution < -0.4 is 10.3 Å². The topological polar surface area (TPSA) is 31.2 Å². The number of nitrogens with zero attached hydrogens (tertiary/aromatic N) is 1. The second-order valence-corrected chi connectivity index (χ2v) is 4.07. The van der Waals surface area contributed by atoms with Crippen molar-refractivity contribution in [1.29, 1.82) is 0 Å². The minimum absolute atomic E-state index is 0.0276. The fourth-order valence-electron chi connectivity index (χ4n) is 1.81. The van der Waals surface area contributed by atoms with E-state index in [2.05, 4.69) is 0 Å². The second-order valence-electron chi connectivity index (χ2n) is 4.07. The molecule has 0 N–H and O–H groups in total. The molecule has 1 aromatic heterocycles. The van der Waals surface area contributed by atoms with Gasteiger partial charge in [-0.3, -0.25) is 9.36 Å². The number of benzene rings is 1. The van der Waals surface area contributed by atoms with E-state index in [1.54, 1.807) is 17.7 Å². The smallest absolute Gasteiger partial charge is 0.255 e. The number of aromatic nitrogens is 1. The van der Waals surface area contributed by atoms with Crippen molar-refractivity contribution in [3.63, 3.8) is 0 Å². The molecule has 2 rings (SSSR count). The minimum Gasteiger partial charge on any atom is -0.496 e. The van der Waals surface area contributed by atoms with E-state index >= 15 is 0 Å². The summed E-state index contributed by atoms with van der Waals surface area (Å²) in [5, 5.41) is 0. The van der Waals surface area contributed by atoms with Crippen LogP contribution in [0.4, 0.5) is 0 Å². The molecule has 0 bridgehead atoms. The van der Waals surface area contributed by atoms with Crippen molar-refractivity contribution in [3.8, 4) is 11.4 Å². The second kappa shape index (κ2) is 4.45. The molecule has 2 aromatic rings. The lowest BCUT2D eigenvalue weighted by atomic mass is 10.2. The van der Waals surface area contributed by atoms with Gasteiger partial charge in [0.25, 0.3) is 5.56 Å². The molecule has 1 heterocycles. The molecule has 1 aromatic carbocycles. The van der Waals surface area contributed by atoms with Crippen molar-refractivity contribution in [2.75, 3.05) is 7.11 Å². The fourth-order valence-corrected chi connectivity index (χ4v) is 1.81. The van der Waals surface area contributed by atoms with E-state index in [0.717, 1.165) is 22.6 Å². The summed E-state index contributed by atoms with van der Waals surface area (Å²) in [6.45, 7) is 3.93. The number of pyridine rings is 1. The molecular formula is C14H15NO2. The first-order valence-corrected chi connectivity index (χ1v) is 5.46. The van der Waals surface area contributed by atoms with Crippen LogP contribution in [0, 0.1) is 13.8 Å². The summed E-state index contributed by atoms with van der Waals surface area (Å²) in [7, 11) is 1.64. The number of rotatable bonds is 2. The Bertz CT molecular complexity index is 599. The largest absolute Gasteiger partial charge is 0.496 e. The SMILES string of the molecule is COc1ccc(-n2cc(C)ccc2=O)cc1C. The third-order valence-corrected chi connectivity index (χ3v) is 2.72. The van der Waals surface area contributed by atoms with Gasteiger partial charge in [-0.05, 0) is 43.2 Å². The molecule has 0 aliphatic carbocycles. The van der Waals surface area contributed by atoms with Crippen LogP contribution in [0.5, 0.6) is 5.75 Å². The molecule has 0 fully saturated rings. The van der Waals surface area contributed by atoms with Crippen LogP contribution in [-0.4, -0.2) is 11.7 Å². The molecule has 0 radical (unpaired) electrons. The maximum Gasteiger partial charge on any atom is 0.255 e. The molecule has 0 amide bonds. The third-order valence-electron chi connectivity index (χ3n) is 2.72. The average Bonchev–Trinajstić information content (AvgIpc) is 2.32. The zero-order valence-corrected chi connectivity index (χ0v) is 10.2. The van der Waals surface area contributed by atoms with E-state index in [1.165, 1.54) is 0 Å². The van der Waals surface area contributed by atoms with E-state index in [4.69, 9.17) is 4.74 Å². The minimum atomic E-state index is -0.0276. The predicted octanol–water partition coefficient (Wildman–Crippen LogP) is 2.46. The molecule has 0 saturated heterocycles. The molecule has 0 spiro atoms. The Balaban J connectivity index is 2.57. The van der Waals surface area contributed by atoms with Crippen LogP contribution in [0.2, 0.25) is 0 Å². The molecular weight excluding hydrogens is 214 g/mol. The lowest BCUT2D eigenvalue weighted by Crippen LogP contribution is -2.16. The molecule has 88 valence electrons. The molecule has 0 aliphatic heterocycles. The van der Waals surface area contributed by atoms with Gasteiger partial charge in [-0.15, -0.1) is 0 Å². The maximum absolute atomic E-state index is 11.8. The summed E-state index contributed by atoms with van der Waals surface area (Å²) < 4.78 is 6.84. The standard InChI is InChI=1S/C14H15NO2/c1-10-4-7-14(16)15(9-10)12-5-6-13(17-3)11(2)8-12/h4-9H,1-3H3. The Morgan fingerprint density at radius 3 is 2.53 bits per heavy atom. The zero-order valence-electron chi connectivity index (χ0n) is 10.2. The highest BCUT2D eigenvalue weighted by Gasteiger charge is 2.03. The van der Waals surface area contributed by atoms with E-state index in [9.17, 15) is 4.79 Å². The van der Waals surface area contributed by atoms with Crippen LogP contribution in [0.3, 0.4) is 0 Å². The van der Waals surface area contributed by atoms with Crippen LogP contribution >= 0.6 is 0 Å². The Hall–Kier alpha value is -2.03. The lowest BCUT2D eigenvalue weighted by molar-refractivity contribution is 0.411. The van der Waals surface area contributed by atoms with Gasteiger partial charge >= 0.3 is 0 Å². The Labute approximate surface area is 100 Å². The van der Waals surface area contributed by atoms with Gasteiger partial charge in [-0.2, -0.15) is 0 Å². The molecule has 0 aliphatic rings. The Kier molecular flexibility index (Phi) is 3.00. The molecule has 17 heavy (non-hydrogen) atoms. The van der Waals surface area contributed by atoms with Gasteiger partial charge < -0.3 is 4.74 Å². The summed E-state index contributed by atoms with van der Waals surface area (Å²) in [6.07, 6.45) is 1.84. The van der Waals surface area contributed by atoms with Gasteiger partial charge in [-0.25, -0.2) is 0 Å². The molecule has 3 nitrogen and oxygen atoms in total. The van der Waals surface area contributed by atoms with Crippen molar-refractivity contribution in [1.82, 2.24) is 4.57 Å². The number of ether oxygens (including phenoxy) is 1. The first-order valence-electron chi connectivity index (χ1n) is 5.46. The van der Waals surface area contributed by atoms with Crippen molar-refractivity contribution < 1.29 is 4.74 Å². The number of methoxy groups -OCH3 is 1. The Morgan fingerprint density at radius 2 is 1.88 bits per heavy atom. The van der Waals surface area contributed by atoms with Crippen molar-refractivity contribution >= 4 is 0 Å². The highest BCUT2D eigenvalue weighted by molar-refractivity contribution is 5.44. The normalized spacial score (nSPS) is 10.3. The van der Waals surface area contributed by atoms with Crippen molar-refractivity contribution in [2.24, 2.45) is 0 Å². The summed E-state index contributed by atoms with van der Waals surface area (Å²) in [4.78, 5) is 11.8. The third kappa shape index (κ3) is 2.23. The van der Waals surface area contributed by atoms with Crippen molar-refractivity contribution in [3.05, 3.63) is 58.0 Å². The zero-order chi connectivity index (χ0) is 12.4. The number of aryl methyl sites for hydroxylation is 2. The van der Waals surface area contributed by atoms with Gasteiger partial charge in [0.05, 0.1) is 7.11 Å². The van der Waals surface area contributed by atoms with E-state index < -0.39 is 0 Å². The monoisotopic (exact) mass is 229 g/mol. The van der Waals surface area contributed by atoms with Crippen molar-refractivity contribution in [2.45, 2.75) is 13.8 Å². The van der Waals surface area contributed by atoms with E-state index in [-0.39, 0.29) is 5.56 Å². The van der Waals surface area contributed by atoms with Crippen LogP contribution in [0.25, 0.3) is 5.69 Å². The maximum atomic E-state index is 11.8. The first-order chi connectivity index (χ1) is 8.11. The van der Waals surface area contributed by atoms with Crippen LogP contribution in [-0.2, 0) is 0 Å². The quantitative estimate of drug-likeness (QED) is 0.792. The number of hydrogen-bond donors (Lipinski definition) is 0. The summed E-state index contributed by atoms with van der Waals surface area (Å²) in [6, 6.07) is 9.09. The summed E-state index contributed by atoms with van der Waals surface area (Å²) >= 11 is 0. The average molecular weight is 229 g/mol. The highest BCUT2D eigenvalue weighted by Crippen LogP contribution is 2.20. The van der Waals surface area contributed by atoms with Gasteiger partial charge in [0.2, 0.25) is 0 Å².